The highest BCUT2D eigenvalue weighted by molar-refractivity contribution is 5.83. The van der Waals surface area contributed by atoms with Gasteiger partial charge in [-0.1, -0.05) is 12.8 Å². The Hall–Kier alpha value is -0.370. The van der Waals surface area contributed by atoms with E-state index < -0.39 is 0 Å². The van der Waals surface area contributed by atoms with Gasteiger partial charge in [0.2, 0.25) is 0 Å². The zero-order chi connectivity index (χ0) is 11.5. The first-order valence-electron chi connectivity index (χ1n) is 6.93. The topological polar surface area (TPSA) is 20.3 Å². The van der Waals surface area contributed by atoms with Crippen LogP contribution in [0.25, 0.3) is 0 Å². The lowest BCUT2D eigenvalue weighted by molar-refractivity contribution is -0.124. The van der Waals surface area contributed by atoms with Crippen molar-refractivity contribution in [3.05, 3.63) is 0 Å². The number of Topliss-reactive ketones (excluding diaryl/α,β-unsaturated/α-hetero) is 1. The Morgan fingerprint density at radius 1 is 1.19 bits per heavy atom. The maximum atomic E-state index is 12.1. The van der Waals surface area contributed by atoms with Gasteiger partial charge >= 0.3 is 0 Å². The fraction of sp³-hybridized carbons (Fsp3) is 0.929. The van der Waals surface area contributed by atoms with E-state index >= 15 is 0 Å². The SMILES string of the molecule is CC(C)N(CC(=O)C1CCCC1)CC1CC1. The highest BCUT2D eigenvalue weighted by Crippen LogP contribution is 2.31. The zero-order valence-electron chi connectivity index (χ0n) is 10.7. The standard InChI is InChI=1S/C14H25NO/c1-11(2)15(9-12-7-8-12)10-14(16)13-5-3-4-6-13/h11-13H,3-10H2,1-2H3. The van der Waals surface area contributed by atoms with Gasteiger partial charge in [0, 0.05) is 18.5 Å². The van der Waals surface area contributed by atoms with Crippen LogP contribution >= 0.6 is 0 Å². The summed E-state index contributed by atoms with van der Waals surface area (Å²) in [5, 5.41) is 0. The lowest BCUT2D eigenvalue weighted by Crippen LogP contribution is -2.38. The third kappa shape index (κ3) is 3.31. The van der Waals surface area contributed by atoms with E-state index in [9.17, 15) is 4.79 Å². The van der Waals surface area contributed by atoms with Crippen LogP contribution in [0.4, 0.5) is 0 Å². The van der Waals surface area contributed by atoms with Crippen LogP contribution in [0, 0.1) is 11.8 Å². The molecule has 0 N–H and O–H groups in total. The fourth-order valence-electron chi connectivity index (χ4n) is 2.67. The molecule has 0 amide bonds. The summed E-state index contributed by atoms with van der Waals surface area (Å²) in [6.45, 7) is 6.28. The van der Waals surface area contributed by atoms with Crippen LogP contribution in [0.3, 0.4) is 0 Å². The number of nitrogens with zero attached hydrogens (tertiary/aromatic N) is 1. The summed E-state index contributed by atoms with van der Waals surface area (Å²) < 4.78 is 0. The third-order valence-corrected chi connectivity index (χ3v) is 4.09. The highest BCUT2D eigenvalue weighted by Gasteiger charge is 2.29. The highest BCUT2D eigenvalue weighted by atomic mass is 16.1. The number of carbonyl (C=O) groups excluding carboxylic acids is 1. The fourth-order valence-corrected chi connectivity index (χ4v) is 2.67. The van der Waals surface area contributed by atoms with Gasteiger partial charge in [0.25, 0.3) is 0 Å². The van der Waals surface area contributed by atoms with Crippen molar-refractivity contribution in [3.8, 4) is 0 Å². The summed E-state index contributed by atoms with van der Waals surface area (Å²) in [5.41, 5.74) is 0. The first kappa shape index (κ1) is 12.1. The van der Waals surface area contributed by atoms with Crippen LogP contribution in [0.15, 0.2) is 0 Å². The molecule has 0 aromatic heterocycles. The van der Waals surface area contributed by atoms with Gasteiger partial charge in [0.15, 0.2) is 0 Å². The predicted molar refractivity (Wildman–Crippen MR) is 66.4 cm³/mol. The van der Waals surface area contributed by atoms with Gasteiger partial charge in [0.1, 0.15) is 5.78 Å². The van der Waals surface area contributed by atoms with Crippen molar-refractivity contribution in [1.29, 1.82) is 0 Å². The molecule has 2 aliphatic rings. The van der Waals surface area contributed by atoms with Crippen LogP contribution in [-0.4, -0.2) is 29.8 Å². The minimum absolute atomic E-state index is 0.389. The lowest BCUT2D eigenvalue weighted by atomic mass is 10.0. The molecule has 16 heavy (non-hydrogen) atoms. The Morgan fingerprint density at radius 3 is 2.31 bits per heavy atom. The van der Waals surface area contributed by atoms with E-state index in [-0.39, 0.29) is 0 Å². The molecule has 92 valence electrons. The van der Waals surface area contributed by atoms with Crippen LogP contribution < -0.4 is 0 Å². The molecule has 2 rings (SSSR count). The first-order chi connectivity index (χ1) is 7.66. The van der Waals surface area contributed by atoms with E-state index in [0.29, 0.717) is 24.3 Å². The van der Waals surface area contributed by atoms with E-state index in [1.165, 1.54) is 25.7 Å². The molecule has 2 nitrogen and oxygen atoms in total. The molecule has 2 saturated carbocycles. The molecule has 0 atom stereocenters. The molecule has 0 aromatic carbocycles. The molecule has 0 spiro atoms. The van der Waals surface area contributed by atoms with E-state index in [1.807, 2.05) is 0 Å². The first-order valence-corrected chi connectivity index (χ1v) is 6.93. The smallest absolute Gasteiger partial charge is 0.149 e. The molecule has 2 heteroatoms. The quantitative estimate of drug-likeness (QED) is 0.690. The van der Waals surface area contributed by atoms with E-state index in [1.54, 1.807) is 0 Å². The van der Waals surface area contributed by atoms with Crippen molar-refractivity contribution in [2.75, 3.05) is 13.1 Å². The van der Waals surface area contributed by atoms with E-state index in [0.717, 1.165) is 25.3 Å². The minimum atomic E-state index is 0.389. The molecular formula is C14H25NO. The van der Waals surface area contributed by atoms with Gasteiger partial charge < -0.3 is 0 Å². The van der Waals surface area contributed by atoms with Gasteiger partial charge in [-0.15, -0.1) is 0 Å². The summed E-state index contributed by atoms with van der Waals surface area (Å²) in [5.74, 6) is 1.78. The molecule has 0 bridgehead atoms. The normalized spacial score (nSPS) is 22.2. The lowest BCUT2D eigenvalue weighted by Gasteiger charge is -2.26. The Bertz CT molecular complexity index is 239. The summed E-state index contributed by atoms with van der Waals surface area (Å²) in [6, 6.07) is 0.519. The summed E-state index contributed by atoms with van der Waals surface area (Å²) >= 11 is 0. The summed E-state index contributed by atoms with van der Waals surface area (Å²) in [6.07, 6.45) is 7.57. The second-order valence-corrected chi connectivity index (χ2v) is 5.91. The van der Waals surface area contributed by atoms with Crippen molar-refractivity contribution >= 4 is 5.78 Å². The van der Waals surface area contributed by atoms with E-state index in [2.05, 4.69) is 18.7 Å². The van der Waals surface area contributed by atoms with Gasteiger partial charge in [-0.3, -0.25) is 9.69 Å². The van der Waals surface area contributed by atoms with Gasteiger partial charge in [-0.2, -0.15) is 0 Å². The Labute approximate surface area is 99.4 Å². The second-order valence-electron chi connectivity index (χ2n) is 5.91. The molecule has 0 heterocycles. The Balaban J connectivity index is 1.80. The van der Waals surface area contributed by atoms with Crippen LogP contribution in [0.2, 0.25) is 0 Å². The monoisotopic (exact) mass is 223 g/mol. The third-order valence-electron chi connectivity index (χ3n) is 4.09. The largest absolute Gasteiger partial charge is 0.298 e. The maximum Gasteiger partial charge on any atom is 0.149 e. The molecule has 2 fully saturated rings. The molecular weight excluding hydrogens is 198 g/mol. The molecule has 0 radical (unpaired) electrons. The molecule has 0 aromatic rings. The molecule has 0 unspecified atom stereocenters. The number of hydrogen-bond donors (Lipinski definition) is 0. The van der Waals surface area contributed by atoms with Gasteiger partial charge in [-0.05, 0) is 45.4 Å². The maximum absolute atomic E-state index is 12.1. The average molecular weight is 223 g/mol. The van der Waals surface area contributed by atoms with Crippen molar-refractivity contribution < 1.29 is 4.79 Å². The van der Waals surface area contributed by atoms with Crippen LogP contribution in [-0.2, 0) is 4.79 Å². The average Bonchev–Trinajstić information content (AvgIpc) is 2.89. The van der Waals surface area contributed by atoms with Crippen molar-refractivity contribution in [2.24, 2.45) is 11.8 Å². The Morgan fingerprint density at radius 2 is 1.81 bits per heavy atom. The zero-order valence-corrected chi connectivity index (χ0v) is 10.7. The molecule has 0 aliphatic heterocycles. The number of carbonyl (C=O) groups is 1. The predicted octanol–water partition coefficient (Wildman–Crippen LogP) is 2.87. The number of ketones is 1. The Kier molecular flexibility index (Phi) is 4.01. The second kappa shape index (κ2) is 5.31. The van der Waals surface area contributed by atoms with Gasteiger partial charge in [-0.25, -0.2) is 0 Å². The molecule has 0 saturated heterocycles. The van der Waals surface area contributed by atoms with Crippen LogP contribution in [0.5, 0.6) is 0 Å². The van der Waals surface area contributed by atoms with Crippen LogP contribution in [0.1, 0.15) is 52.4 Å². The minimum Gasteiger partial charge on any atom is -0.298 e. The summed E-state index contributed by atoms with van der Waals surface area (Å²) in [4.78, 5) is 14.5. The molecule has 2 aliphatic carbocycles. The number of hydrogen-bond acceptors (Lipinski definition) is 2. The van der Waals surface area contributed by atoms with Crippen molar-refractivity contribution in [3.63, 3.8) is 0 Å². The van der Waals surface area contributed by atoms with Crippen molar-refractivity contribution in [2.45, 2.75) is 58.4 Å². The summed E-state index contributed by atoms with van der Waals surface area (Å²) in [7, 11) is 0. The van der Waals surface area contributed by atoms with Crippen molar-refractivity contribution in [1.82, 2.24) is 4.90 Å². The number of rotatable bonds is 6. The van der Waals surface area contributed by atoms with E-state index in [4.69, 9.17) is 0 Å². The van der Waals surface area contributed by atoms with Gasteiger partial charge in [0.05, 0.1) is 6.54 Å².